The van der Waals surface area contributed by atoms with E-state index in [4.69, 9.17) is 33.0 Å². The number of carboxylic acid groups (broad SMARTS) is 1. The molecular formula is C18H15Cl2F3N2O4. The number of rotatable bonds is 7. The molecule has 0 aliphatic rings. The molecule has 0 unspecified atom stereocenters. The fourth-order valence-corrected chi connectivity index (χ4v) is 2.92. The Bertz CT molecular complexity index is 913. The minimum atomic E-state index is -4.53. The third-order valence-electron chi connectivity index (χ3n) is 3.65. The minimum absolute atomic E-state index is 0.00476. The number of hydrogen-bond donors (Lipinski definition) is 3. The Morgan fingerprint density at radius 1 is 1.10 bits per heavy atom. The van der Waals surface area contributed by atoms with Gasteiger partial charge in [-0.15, -0.1) is 0 Å². The molecule has 0 fully saturated rings. The van der Waals surface area contributed by atoms with Gasteiger partial charge in [0.2, 0.25) is 0 Å². The first-order valence-corrected chi connectivity index (χ1v) is 8.77. The smallest absolute Gasteiger partial charge is 0.416 e. The Morgan fingerprint density at radius 3 is 2.24 bits per heavy atom. The zero-order chi connectivity index (χ0) is 21.8. The summed E-state index contributed by atoms with van der Waals surface area (Å²) >= 11 is 12.1. The van der Waals surface area contributed by atoms with Crippen LogP contribution < -0.4 is 15.4 Å². The van der Waals surface area contributed by atoms with Gasteiger partial charge in [0.1, 0.15) is 13.2 Å². The van der Waals surface area contributed by atoms with E-state index in [1.54, 1.807) is 0 Å². The summed E-state index contributed by atoms with van der Waals surface area (Å²) in [6, 6.07) is 5.81. The van der Waals surface area contributed by atoms with Gasteiger partial charge in [0.05, 0.1) is 15.6 Å². The molecule has 3 N–H and O–H groups in total. The van der Waals surface area contributed by atoms with Gasteiger partial charge in [-0.1, -0.05) is 23.2 Å². The number of aliphatic carboxylic acids is 1. The molecule has 1 amide bonds. The molecule has 2 rings (SSSR count). The fourth-order valence-electron chi connectivity index (χ4n) is 2.33. The summed E-state index contributed by atoms with van der Waals surface area (Å²) < 4.78 is 44.5. The quantitative estimate of drug-likeness (QED) is 0.579. The lowest BCUT2D eigenvalue weighted by Crippen LogP contribution is -2.29. The number of anilines is 1. The van der Waals surface area contributed by atoms with Crippen molar-refractivity contribution in [2.24, 2.45) is 0 Å². The summed E-state index contributed by atoms with van der Waals surface area (Å²) in [5.41, 5.74) is -0.364. The summed E-state index contributed by atoms with van der Waals surface area (Å²) in [5, 5.41) is 13.3. The van der Waals surface area contributed by atoms with E-state index in [1.807, 2.05) is 0 Å². The van der Waals surface area contributed by atoms with Crippen LogP contribution in [-0.4, -0.2) is 30.6 Å². The van der Waals surface area contributed by atoms with Crippen molar-refractivity contribution in [3.05, 3.63) is 57.1 Å². The first-order chi connectivity index (χ1) is 13.5. The zero-order valence-corrected chi connectivity index (χ0v) is 16.4. The molecule has 156 valence electrons. The molecule has 0 spiro atoms. The van der Waals surface area contributed by atoms with Crippen molar-refractivity contribution in [1.82, 2.24) is 5.32 Å². The van der Waals surface area contributed by atoms with Crippen LogP contribution in [0.1, 0.15) is 21.5 Å². The van der Waals surface area contributed by atoms with Gasteiger partial charge in [-0.2, -0.15) is 13.2 Å². The molecule has 0 atom stereocenters. The highest BCUT2D eigenvalue weighted by molar-refractivity contribution is 6.37. The monoisotopic (exact) mass is 450 g/mol. The van der Waals surface area contributed by atoms with Crippen LogP contribution in [0.15, 0.2) is 30.3 Å². The molecule has 6 nitrogen and oxygen atoms in total. The third kappa shape index (κ3) is 6.16. The van der Waals surface area contributed by atoms with Gasteiger partial charge < -0.3 is 20.5 Å². The molecule has 0 saturated carbocycles. The second-order valence-corrected chi connectivity index (χ2v) is 6.61. The number of carbonyl (C=O) groups is 2. The molecule has 0 aliphatic heterocycles. The number of ether oxygens (including phenoxy) is 1. The second kappa shape index (κ2) is 9.23. The van der Waals surface area contributed by atoms with Gasteiger partial charge in [0.25, 0.3) is 5.91 Å². The first-order valence-electron chi connectivity index (χ1n) is 8.02. The number of hydrogen-bond acceptors (Lipinski definition) is 4. The Balaban J connectivity index is 2.21. The number of amides is 1. The average molecular weight is 451 g/mol. The maximum atomic E-state index is 13.0. The highest BCUT2D eigenvalue weighted by Gasteiger charge is 2.31. The van der Waals surface area contributed by atoms with Gasteiger partial charge >= 0.3 is 12.1 Å². The zero-order valence-electron chi connectivity index (χ0n) is 14.9. The molecule has 2 aromatic carbocycles. The van der Waals surface area contributed by atoms with Gasteiger partial charge in [0, 0.05) is 18.3 Å². The summed E-state index contributed by atoms with van der Waals surface area (Å²) in [6.07, 6.45) is -4.53. The van der Waals surface area contributed by atoms with Crippen molar-refractivity contribution in [1.29, 1.82) is 0 Å². The van der Waals surface area contributed by atoms with Gasteiger partial charge in [-0.05, 0) is 35.9 Å². The molecule has 0 heterocycles. The van der Waals surface area contributed by atoms with Crippen molar-refractivity contribution in [2.75, 3.05) is 18.9 Å². The molecule has 11 heteroatoms. The molecule has 0 aliphatic carbocycles. The molecule has 0 saturated heterocycles. The van der Waals surface area contributed by atoms with Crippen LogP contribution in [0.25, 0.3) is 0 Å². The lowest BCUT2D eigenvalue weighted by molar-refractivity contribution is -0.138. The standard InChI is InChI=1S/C18H15Cl2F3N2O4/c1-24-12-3-9(2-11(6-12)18(21,22)23)8-29-16-13(19)4-10(5-14(16)20)17(28)25-7-15(26)27/h2-6,24H,7-8H2,1H3,(H,25,28)(H,26,27). The average Bonchev–Trinajstić information content (AvgIpc) is 2.64. The number of carboxylic acids is 1. The van der Waals surface area contributed by atoms with Crippen LogP contribution in [0.4, 0.5) is 18.9 Å². The van der Waals surface area contributed by atoms with E-state index < -0.39 is 30.2 Å². The molecule has 0 bridgehead atoms. The molecular weight excluding hydrogens is 436 g/mol. The van der Waals surface area contributed by atoms with Crippen molar-refractivity contribution < 1.29 is 32.6 Å². The van der Waals surface area contributed by atoms with Crippen LogP contribution in [0.5, 0.6) is 5.75 Å². The largest absolute Gasteiger partial charge is 0.486 e. The van der Waals surface area contributed by atoms with Crippen molar-refractivity contribution in [3.63, 3.8) is 0 Å². The van der Waals surface area contributed by atoms with E-state index in [2.05, 4.69) is 10.6 Å². The Kier molecular flexibility index (Phi) is 7.21. The number of alkyl halides is 3. The maximum Gasteiger partial charge on any atom is 0.416 e. The summed E-state index contributed by atoms with van der Waals surface area (Å²) in [5.74, 6) is -1.96. The maximum absolute atomic E-state index is 13.0. The first kappa shape index (κ1) is 22.6. The van der Waals surface area contributed by atoms with E-state index in [0.717, 1.165) is 12.1 Å². The molecule has 0 radical (unpaired) electrons. The van der Waals surface area contributed by atoms with E-state index in [0.29, 0.717) is 0 Å². The van der Waals surface area contributed by atoms with Crippen LogP contribution in [0, 0.1) is 0 Å². The Hall–Kier alpha value is -2.65. The second-order valence-electron chi connectivity index (χ2n) is 5.80. The molecule has 0 aromatic heterocycles. The topological polar surface area (TPSA) is 87.7 Å². The van der Waals surface area contributed by atoms with Crippen LogP contribution in [-0.2, 0) is 17.6 Å². The highest BCUT2D eigenvalue weighted by Crippen LogP contribution is 2.36. The van der Waals surface area contributed by atoms with Gasteiger partial charge in [0.15, 0.2) is 5.75 Å². The minimum Gasteiger partial charge on any atom is -0.486 e. The highest BCUT2D eigenvalue weighted by atomic mass is 35.5. The van der Waals surface area contributed by atoms with Crippen molar-refractivity contribution in [2.45, 2.75) is 12.8 Å². The van der Waals surface area contributed by atoms with E-state index in [-0.39, 0.29) is 39.2 Å². The lowest BCUT2D eigenvalue weighted by atomic mass is 10.1. The van der Waals surface area contributed by atoms with Gasteiger partial charge in [-0.3, -0.25) is 9.59 Å². The fraction of sp³-hybridized carbons (Fsp3) is 0.222. The van der Waals surface area contributed by atoms with Crippen LogP contribution in [0.3, 0.4) is 0 Å². The number of halogens is 5. The van der Waals surface area contributed by atoms with Crippen molar-refractivity contribution in [3.8, 4) is 5.75 Å². The SMILES string of the molecule is CNc1cc(COc2c(Cl)cc(C(=O)NCC(=O)O)cc2Cl)cc(C(F)(F)F)c1. The molecule has 29 heavy (non-hydrogen) atoms. The summed E-state index contributed by atoms with van der Waals surface area (Å²) in [7, 11) is 1.49. The van der Waals surface area contributed by atoms with E-state index >= 15 is 0 Å². The molecule has 2 aromatic rings. The number of benzene rings is 2. The van der Waals surface area contributed by atoms with Crippen molar-refractivity contribution >= 4 is 40.8 Å². The third-order valence-corrected chi connectivity index (χ3v) is 4.21. The number of nitrogens with one attached hydrogen (secondary N) is 2. The predicted octanol–water partition coefficient (Wildman–Crippen LogP) is 4.45. The Labute approximate surface area is 173 Å². The van der Waals surface area contributed by atoms with Gasteiger partial charge in [-0.25, -0.2) is 0 Å². The van der Waals surface area contributed by atoms with E-state index in [1.165, 1.54) is 25.2 Å². The predicted molar refractivity (Wildman–Crippen MR) is 102 cm³/mol. The van der Waals surface area contributed by atoms with E-state index in [9.17, 15) is 22.8 Å². The van der Waals surface area contributed by atoms with Crippen LogP contribution >= 0.6 is 23.2 Å². The lowest BCUT2D eigenvalue weighted by Gasteiger charge is -2.15. The normalized spacial score (nSPS) is 11.1. The number of carbonyl (C=O) groups excluding carboxylic acids is 1. The summed E-state index contributed by atoms with van der Waals surface area (Å²) in [4.78, 5) is 22.4. The Morgan fingerprint density at radius 2 is 1.72 bits per heavy atom. The van der Waals surface area contributed by atoms with Crippen LogP contribution in [0.2, 0.25) is 10.0 Å². The summed E-state index contributed by atoms with van der Waals surface area (Å²) in [6.45, 7) is -0.849.